The van der Waals surface area contributed by atoms with Gasteiger partial charge in [-0.2, -0.15) is 0 Å². The highest BCUT2D eigenvalue weighted by atomic mass is 19.1. The quantitative estimate of drug-likeness (QED) is 0.530. The summed E-state index contributed by atoms with van der Waals surface area (Å²) >= 11 is 0. The molecule has 10 heavy (non-hydrogen) atoms. The van der Waals surface area contributed by atoms with Crippen molar-refractivity contribution in [1.29, 1.82) is 0 Å². The highest BCUT2D eigenvalue weighted by molar-refractivity contribution is 4.51. The largest absolute Gasteiger partial charge is 0.373 e. The Kier molecular flexibility index (Phi) is 6.81. The van der Waals surface area contributed by atoms with Crippen LogP contribution in [0.15, 0.2) is 0 Å². The summed E-state index contributed by atoms with van der Waals surface area (Å²) in [6.07, 6.45) is 1.04. The summed E-state index contributed by atoms with van der Waals surface area (Å²) in [7, 11) is 0. The Morgan fingerprint density at radius 3 is 2.30 bits per heavy atom. The molecule has 0 rings (SSSR count). The van der Waals surface area contributed by atoms with E-state index >= 15 is 0 Å². The lowest BCUT2D eigenvalue weighted by Crippen LogP contribution is -2.18. The zero-order valence-electron chi connectivity index (χ0n) is 6.28. The van der Waals surface area contributed by atoms with Gasteiger partial charge in [-0.3, -0.25) is 0 Å². The topological polar surface area (TPSA) is 9.23 Å². The number of halogens is 2. The maximum absolute atomic E-state index is 11.7. The maximum atomic E-state index is 11.7. The van der Waals surface area contributed by atoms with Gasteiger partial charge >= 0.3 is 0 Å². The molecule has 0 atom stereocenters. The van der Waals surface area contributed by atoms with Gasteiger partial charge in [-0.15, -0.1) is 0 Å². The lowest BCUT2D eigenvalue weighted by atomic mass is 10.3. The average molecular weight is 152 g/mol. The smallest absolute Gasteiger partial charge is 0.118 e. The third-order valence-corrected chi connectivity index (χ3v) is 1.20. The fraction of sp³-hybridized carbons (Fsp3) is 1.00. The monoisotopic (exact) mass is 152 g/mol. The van der Waals surface area contributed by atoms with Gasteiger partial charge in [-0.1, -0.05) is 13.3 Å². The van der Waals surface area contributed by atoms with Crippen LogP contribution in [-0.2, 0) is 4.74 Å². The molecule has 0 bridgehead atoms. The number of hydrogen-bond donors (Lipinski definition) is 0. The number of ether oxygens (including phenoxy) is 1. The summed E-state index contributed by atoms with van der Waals surface area (Å²) < 4.78 is 28.3. The highest BCUT2D eigenvalue weighted by Gasteiger charge is 2.05. The molecule has 0 N–H and O–H groups in total. The van der Waals surface area contributed by atoms with E-state index in [9.17, 15) is 8.78 Å². The van der Waals surface area contributed by atoms with Gasteiger partial charge in [0.25, 0.3) is 0 Å². The lowest BCUT2D eigenvalue weighted by Gasteiger charge is -2.08. The van der Waals surface area contributed by atoms with Gasteiger partial charge in [0, 0.05) is 6.61 Å². The van der Waals surface area contributed by atoms with Crippen LogP contribution in [0.2, 0.25) is 0 Å². The van der Waals surface area contributed by atoms with Crippen molar-refractivity contribution in [2.45, 2.75) is 25.9 Å². The van der Waals surface area contributed by atoms with Gasteiger partial charge in [0.1, 0.15) is 19.5 Å². The molecular formula is C7H14F2O. The molecule has 0 unspecified atom stereocenters. The molecule has 0 heterocycles. The summed E-state index contributed by atoms with van der Waals surface area (Å²) in [5.74, 6) is 0. The molecule has 0 radical (unpaired) electrons. The summed E-state index contributed by atoms with van der Waals surface area (Å²) in [4.78, 5) is 0. The van der Waals surface area contributed by atoms with Crippen LogP contribution in [0.3, 0.4) is 0 Å². The van der Waals surface area contributed by atoms with Crippen molar-refractivity contribution >= 4 is 0 Å². The Morgan fingerprint density at radius 1 is 1.30 bits per heavy atom. The van der Waals surface area contributed by atoms with Crippen LogP contribution in [0.25, 0.3) is 0 Å². The van der Waals surface area contributed by atoms with Crippen LogP contribution in [0.1, 0.15) is 19.8 Å². The minimum Gasteiger partial charge on any atom is -0.373 e. The molecule has 0 fully saturated rings. The molecule has 0 aromatic heterocycles. The van der Waals surface area contributed by atoms with E-state index in [0.29, 0.717) is 6.61 Å². The van der Waals surface area contributed by atoms with Crippen LogP contribution in [-0.4, -0.2) is 26.1 Å². The molecule has 0 aliphatic rings. The maximum Gasteiger partial charge on any atom is 0.118 e. The Balaban J connectivity index is 3.09. The van der Waals surface area contributed by atoms with Crippen molar-refractivity contribution in [3.05, 3.63) is 0 Å². The van der Waals surface area contributed by atoms with Gasteiger partial charge in [-0.05, 0) is 6.42 Å². The molecule has 0 spiro atoms. The van der Waals surface area contributed by atoms with Crippen molar-refractivity contribution in [3.8, 4) is 0 Å². The van der Waals surface area contributed by atoms with Crippen molar-refractivity contribution in [2.24, 2.45) is 0 Å². The molecule has 1 nitrogen and oxygen atoms in total. The predicted octanol–water partition coefficient (Wildman–Crippen LogP) is 2.11. The molecule has 0 aliphatic heterocycles. The molecule has 3 heteroatoms. The Morgan fingerprint density at radius 2 is 1.90 bits per heavy atom. The number of rotatable bonds is 6. The molecular weight excluding hydrogens is 138 g/mol. The third-order valence-electron chi connectivity index (χ3n) is 1.20. The van der Waals surface area contributed by atoms with Gasteiger partial charge in [0.05, 0.1) is 0 Å². The van der Waals surface area contributed by atoms with E-state index < -0.39 is 19.5 Å². The van der Waals surface area contributed by atoms with E-state index in [1.54, 1.807) is 0 Å². The van der Waals surface area contributed by atoms with Gasteiger partial charge in [0.2, 0.25) is 0 Å². The molecule has 0 aromatic rings. The molecule has 0 saturated heterocycles. The van der Waals surface area contributed by atoms with Crippen LogP contribution < -0.4 is 0 Å². The minimum absolute atomic E-state index is 0.467. The summed E-state index contributed by atoms with van der Waals surface area (Å²) in [6, 6.07) is 0. The molecule has 0 aliphatic carbocycles. The second-order valence-corrected chi connectivity index (χ2v) is 2.15. The Labute approximate surface area is 60.4 Å². The SMILES string of the molecule is CCCCOC(CF)CF. The lowest BCUT2D eigenvalue weighted by molar-refractivity contribution is 0.0186. The van der Waals surface area contributed by atoms with Crippen molar-refractivity contribution in [2.75, 3.05) is 20.0 Å². The van der Waals surface area contributed by atoms with E-state index in [0.717, 1.165) is 12.8 Å². The Hall–Kier alpha value is -0.180. The van der Waals surface area contributed by atoms with E-state index in [4.69, 9.17) is 4.74 Å². The van der Waals surface area contributed by atoms with E-state index in [1.165, 1.54) is 0 Å². The van der Waals surface area contributed by atoms with Crippen molar-refractivity contribution < 1.29 is 13.5 Å². The summed E-state index contributed by atoms with van der Waals surface area (Å²) in [5.41, 5.74) is 0. The van der Waals surface area contributed by atoms with Gasteiger partial charge < -0.3 is 4.74 Å². The first kappa shape index (κ1) is 9.82. The molecule has 0 aromatic carbocycles. The number of alkyl halides is 2. The second-order valence-electron chi connectivity index (χ2n) is 2.15. The minimum atomic E-state index is -0.827. The standard InChI is InChI=1S/C7H14F2O/c1-2-3-4-10-7(5-8)6-9/h7H,2-6H2,1H3. The van der Waals surface area contributed by atoms with Crippen LogP contribution in [0.4, 0.5) is 8.78 Å². The van der Waals surface area contributed by atoms with E-state index in [-0.39, 0.29) is 0 Å². The highest BCUT2D eigenvalue weighted by Crippen LogP contribution is 1.97. The third kappa shape index (κ3) is 4.68. The van der Waals surface area contributed by atoms with E-state index in [2.05, 4.69) is 0 Å². The first-order valence-electron chi connectivity index (χ1n) is 3.58. The fourth-order valence-corrected chi connectivity index (χ4v) is 0.525. The second kappa shape index (κ2) is 6.93. The normalized spacial score (nSPS) is 10.8. The van der Waals surface area contributed by atoms with Crippen LogP contribution in [0.5, 0.6) is 0 Å². The van der Waals surface area contributed by atoms with Gasteiger partial charge in [-0.25, -0.2) is 8.78 Å². The fourth-order valence-electron chi connectivity index (χ4n) is 0.525. The molecule has 62 valence electrons. The van der Waals surface area contributed by atoms with Crippen LogP contribution >= 0.6 is 0 Å². The Bertz CT molecular complexity index is 64.6. The zero-order valence-corrected chi connectivity index (χ0v) is 6.28. The summed E-state index contributed by atoms with van der Waals surface area (Å²) in [6.45, 7) is 1.03. The first-order chi connectivity index (χ1) is 4.85. The molecule has 0 saturated carbocycles. The average Bonchev–Trinajstić information content (AvgIpc) is 1.99. The van der Waals surface area contributed by atoms with Crippen molar-refractivity contribution in [1.82, 2.24) is 0 Å². The summed E-state index contributed by atoms with van der Waals surface area (Å²) in [5, 5.41) is 0. The predicted molar refractivity (Wildman–Crippen MR) is 36.6 cm³/mol. The zero-order chi connectivity index (χ0) is 7.82. The van der Waals surface area contributed by atoms with E-state index in [1.807, 2.05) is 6.92 Å². The number of unbranched alkanes of at least 4 members (excludes halogenated alkanes) is 1. The van der Waals surface area contributed by atoms with Gasteiger partial charge in [0.15, 0.2) is 0 Å². The van der Waals surface area contributed by atoms with Crippen molar-refractivity contribution in [3.63, 3.8) is 0 Å². The first-order valence-corrected chi connectivity index (χ1v) is 3.58. The van der Waals surface area contributed by atoms with Crippen LogP contribution in [0, 0.1) is 0 Å². The molecule has 0 amide bonds. The number of hydrogen-bond acceptors (Lipinski definition) is 1.